The van der Waals surface area contributed by atoms with Crippen molar-refractivity contribution in [3.63, 3.8) is 0 Å². The SMILES string of the molecule is CC.Cc1cccc2nc(NC(=O)OC(C)(C)C)c(-c3cccc(C(F)(F)F)c3)n12. The molecule has 3 aromatic rings. The summed E-state index contributed by atoms with van der Waals surface area (Å²) in [6.45, 7) is 11.0. The number of nitrogens with one attached hydrogen (secondary N) is 1. The van der Waals surface area contributed by atoms with Crippen LogP contribution in [0.3, 0.4) is 0 Å². The molecule has 0 aliphatic rings. The molecule has 0 aliphatic heterocycles. The summed E-state index contributed by atoms with van der Waals surface area (Å²) in [5.41, 5.74) is 0.382. The third-order valence-electron chi connectivity index (χ3n) is 3.92. The first-order chi connectivity index (χ1) is 14.0. The van der Waals surface area contributed by atoms with Gasteiger partial charge in [-0.15, -0.1) is 0 Å². The topological polar surface area (TPSA) is 55.6 Å². The Morgan fingerprint density at radius 2 is 1.70 bits per heavy atom. The van der Waals surface area contributed by atoms with Crippen molar-refractivity contribution in [1.29, 1.82) is 0 Å². The van der Waals surface area contributed by atoms with E-state index in [2.05, 4.69) is 10.3 Å². The maximum Gasteiger partial charge on any atom is 0.416 e. The summed E-state index contributed by atoms with van der Waals surface area (Å²) in [6, 6.07) is 10.2. The van der Waals surface area contributed by atoms with Crippen LogP contribution in [0.2, 0.25) is 0 Å². The minimum Gasteiger partial charge on any atom is -0.444 e. The van der Waals surface area contributed by atoms with Crippen molar-refractivity contribution in [3.05, 3.63) is 53.7 Å². The molecule has 0 aliphatic carbocycles. The van der Waals surface area contributed by atoms with E-state index < -0.39 is 23.4 Å². The number of benzene rings is 1. The highest BCUT2D eigenvalue weighted by Crippen LogP contribution is 2.35. The molecule has 0 radical (unpaired) electrons. The molecule has 3 rings (SSSR count). The zero-order valence-corrected chi connectivity index (χ0v) is 17.9. The van der Waals surface area contributed by atoms with Crippen molar-refractivity contribution in [2.45, 2.75) is 53.3 Å². The van der Waals surface area contributed by atoms with Crippen LogP contribution in [0.15, 0.2) is 42.5 Å². The van der Waals surface area contributed by atoms with Gasteiger partial charge in [0.25, 0.3) is 0 Å². The van der Waals surface area contributed by atoms with Gasteiger partial charge < -0.3 is 4.74 Å². The van der Waals surface area contributed by atoms with Gasteiger partial charge in [-0.1, -0.05) is 32.0 Å². The fraction of sp³-hybridized carbons (Fsp3) is 0.364. The van der Waals surface area contributed by atoms with Crippen LogP contribution in [-0.2, 0) is 10.9 Å². The summed E-state index contributed by atoms with van der Waals surface area (Å²) in [5.74, 6) is 0.128. The number of halogens is 3. The normalized spacial score (nSPS) is 11.6. The van der Waals surface area contributed by atoms with Crippen molar-refractivity contribution in [2.24, 2.45) is 0 Å². The quantitative estimate of drug-likeness (QED) is 0.501. The number of carbonyl (C=O) groups excluding carboxylic acids is 1. The highest BCUT2D eigenvalue weighted by atomic mass is 19.4. The van der Waals surface area contributed by atoms with Gasteiger partial charge in [0.1, 0.15) is 11.2 Å². The largest absolute Gasteiger partial charge is 0.444 e. The van der Waals surface area contributed by atoms with E-state index >= 15 is 0 Å². The molecule has 8 heteroatoms. The maximum absolute atomic E-state index is 13.2. The molecule has 0 atom stereocenters. The van der Waals surface area contributed by atoms with E-state index in [1.54, 1.807) is 43.4 Å². The molecule has 0 saturated carbocycles. The number of anilines is 1. The van der Waals surface area contributed by atoms with Gasteiger partial charge in [-0.05, 0) is 52.0 Å². The van der Waals surface area contributed by atoms with Gasteiger partial charge in [0.15, 0.2) is 5.82 Å². The minimum absolute atomic E-state index is 0.128. The molecule has 30 heavy (non-hydrogen) atoms. The van der Waals surface area contributed by atoms with Crippen molar-refractivity contribution >= 4 is 17.6 Å². The standard InChI is InChI=1S/C20H20F3N3O2.C2H6/c1-12-7-5-10-15-24-17(25-18(27)28-19(2,3)4)16(26(12)15)13-8-6-9-14(11-13)20(21,22)23;1-2/h5-11H,1-4H3,(H,25,27);1-2H3. The number of alkyl halides is 3. The third kappa shape index (κ3) is 5.31. The Balaban J connectivity index is 0.00000155. The molecule has 2 aromatic heterocycles. The van der Waals surface area contributed by atoms with E-state index in [0.717, 1.165) is 17.8 Å². The minimum atomic E-state index is -4.48. The lowest BCUT2D eigenvalue weighted by Gasteiger charge is -2.19. The number of rotatable bonds is 2. The number of carbonyl (C=O) groups is 1. The maximum atomic E-state index is 13.2. The average molecular weight is 421 g/mol. The summed E-state index contributed by atoms with van der Waals surface area (Å²) in [5, 5.41) is 2.57. The Hall–Kier alpha value is -3.03. The van der Waals surface area contributed by atoms with Crippen LogP contribution >= 0.6 is 0 Å². The van der Waals surface area contributed by atoms with E-state index in [9.17, 15) is 18.0 Å². The highest BCUT2D eigenvalue weighted by Gasteiger charge is 2.31. The summed E-state index contributed by atoms with van der Waals surface area (Å²) >= 11 is 0. The second kappa shape index (κ2) is 8.77. The van der Waals surface area contributed by atoms with E-state index in [1.165, 1.54) is 6.07 Å². The number of hydrogen-bond donors (Lipinski definition) is 1. The summed E-state index contributed by atoms with van der Waals surface area (Å²) in [6.07, 6.45) is -5.22. The Morgan fingerprint density at radius 1 is 1.07 bits per heavy atom. The second-order valence-electron chi connectivity index (χ2n) is 7.38. The molecule has 1 N–H and O–H groups in total. The van der Waals surface area contributed by atoms with Crippen molar-refractivity contribution in [2.75, 3.05) is 5.32 Å². The molecule has 0 spiro atoms. The molecule has 0 saturated heterocycles. The van der Waals surface area contributed by atoms with Gasteiger partial charge in [0.2, 0.25) is 0 Å². The molecule has 1 aromatic carbocycles. The summed E-state index contributed by atoms with van der Waals surface area (Å²) in [4.78, 5) is 16.6. The van der Waals surface area contributed by atoms with Crippen LogP contribution in [-0.4, -0.2) is 21.1 Å². The van der Waals surface area contributed by atoms with Crippen molar-refractivity contribution < 1.29 is 22.7 Å². The molecule has 162 valence electrons. The number of pyridine rings is 1. The van der Waals surface area contributed by atoms with E-state index in [4.69, 9.17) is 4.74 Å². The van der Waals surface area contributed by atoms with Crippen LogP contribution in [0.5, 0.6) is 0 Å². The number of nitrogens with zero attached hydrogens (tertiary/aromatic N) is 2. The van der Waals surface area contributed by atoms with Gasteiger partial charge in [-0.25, -0.2) is 9.78 Å². The summed E-state index contributed by atoms with van der Waals surface area (Å²) < 4.78 is 46.5. The van der Waals surface area contributed by atoms with Gasteiger partial charge in [0.05, 0.1) is 11.3 Å². The molecule has 0 bridgehead atoms. The third-order valence-corrected chi connectivity index (χ3v) is 3.92. The van der Waals surface area contributed by atoms with Gasteiger partial charge >= 0.3 is 12.3 Å². The first-order valence-electron chi connectivity index (χ1n) is 9.61. The molecule has 0 unspecified atom stereocenters. The van der Waals surface area contributed by atoms with E-state index in [-0.39, 0.29) is 11.4 Å². The monoisotopic (exact) mass is 421 g/mol. The second-order valence-corrected chi connectivity index (χ2v) is 7.38. The molecule has 5 nitrogen and oxygen atoms in total. The number of aryl methyl sites for hydroxylation is 1. The first-order valence-corrected chi connectivity index (χ1v) is 9.61. The molecular weight excluding hydrogens is 395 g/mol. The lowest BCUT2D eigenvalue weighted by atomic mass is 10.1. The fourth-order valence-corrected chi connectivity index (χ4v) is 2.85. The van der Waals surface area contributed by atoms with E-state index in [1.807, 2.05) is 26.8 Å². The predicted octanol–water partition coefficient (Wildman–Crippen LogP) is 6.70. The fourth-order valence-electron chi connectivity index (χ4n) is 2.85. The Labute approximate surface area is 173 Å². The number of amides is 1. The zero-order valence-electron chi connectivity index (χ0n) is 17.9. The van der Waals surface area contributed by atoms with Gasteiger partial charge in [-0.3, -0.25) is 9.72 Å². The van der Waals surface area contributed by atoms with Crippen LogP contribution in [0.25, 0.3) is 16.9 Å². The Morgan fingerprint density at radius 3 is 2.30 bits per heavy atom. The van der Waals surface area contributed by atoms with Gasteiger partial charge in [0, 0.05) is 11.3 Å². The highest BCUT2D eigenvalue weighted by molar-refractivity contribution is 5.90. The summed E-state index contributed by atoms with van der Waals surface area (Å²) in [7, 11) is 0. The predicted molar refractivity (Wildman–Crippen MR) is 112 cm³/mol. The molecular formula is C22H26F3N3O2. The molecule has 1 amide bonds. The molecule has 0 fully saturated rings. The zero-order chi connectivity index (χ0) is 22.7. The number of ether oxygens (including phenoxy) is 1. The number of aromatic nitrogens is 2. The molecule has 2 heterocycles. The number of imidazole rings is 1. The van der Waals surface area contributed by atoms with Crippen LogP contribution in [0, 0.1) is 6.92 Å². The van der Waals surface area contributed by atoms with E-state index in [0.29, 0.717) is 11.3 Å². The average Bonchev–Trinajstić information content (AvgIpc) is 3.00. The van der Waals surface area contributed by atoms with Crippen LogP contribution < -0.4 is 5.32 Å². The smallest absolute Gasteiger partial charge is 0.416 e. The van der Waals surface area contributed by atoms with Crippen LogP contribution in [0.1, 0.15) is 45.9 Å². The Kier molecular flexibility index (Phi) is 6.80. The van der Waals surface area contributed by atoms with Crippen LogP contribution in [0.4, 0.5) is 23.8 Å². The van der Waals surface area contributed by atoms with Gasteiger partial charge in [-0.2, -0.15) is 13.2 Å². The lowest BCUT2D eigenvalue weighted by Crippen LogP contribution is -2.27. The van der Waals surface area contributed by atoms with Crippen molar-refractivity contribution in [3.8, 4) is 11.3 Å². The van der Waals surface area contributed by atoms with Crippen molar-refractivity contribution in [1.82, 2.24) is 9.38 Å². The number of fused-ring (bicyclic) bond motifs is 1. The Bertz CT molecular complexity index is 1030. The number of hydrogen-bond acceptors (Lipinski definition) is 3. The lowest BCUT2D eigenvalue weighted by molar-refractivity contribution is -0.137. The first kappa shape index (κ1) is 23.3.